The maximum absolute atomic E-state index is 12.5. The molecule has 0 aromatic carbocycles. The van der Waals surface area contributed by atoms with E-state index in [4.69, 9.17) is 4.74 Å². The molecule has 0 atom stereocenters. The first kappa shape index (κ1) is 13.3. The lowest BCUT2D eigenvalue weighted by Crippen LogP contribution is -2.65. The molecule has 0 aromatic rings. The number of rotatable bonds is 3. The Kier molecular flexibility index (Phi) is 3.51. The van der Waals surface area contributed by atoms with Gasteiger partial charge < -0.3 is 4.74 Å². The summed E-state index contributed by atoms with van der Waals surface area (Å²) in [4.78, 5) is 0. The molecule has 1 saturated carbocycles. The molecular weight excluding hydrogens is 240 g/mol. The lowest BCUT2D eigenvalue weighted by molar-refractivity contribution is -0.0673. The normalized spacial score (nSPS) is 25.5. The Morgan fingerprint density at radius 3 is 2.47 bits per heavy atom. The SMILES string of the molecule is CC(C)N(C)S(=O)(=O)N1CCOCC12CCC2. The Bertz CT molecular complexity index is 376. The van der Waals surface area contributed by atoms with Crippen LogP contribution in [0.15, 0.2) is 0 Å². The monoisotopic (exact) mass is 262 g/mol. The van der Waals surface area contributed by atoms with Gasteiger partial charge in [-0.15, -0.1) is 0 Å². The lowest BCUT2D eigenvalue weighted by Gasteiger charge is -2.52. The Morgan fingerprint density at radius 1 is 1.35 bits per heavy atom. The van der Waals surface area contributed by atoms with Crippen LogP contribution in [-0.4, -0.2) is 55.4 Å². The molecule has 2 fully saturated rings. The molecule has 5 nitrogen and oxygen atoms in total. The summed E-state index contributed by atoms with van der Waals surface area (Å²) in [6.45, 7) is 5.33. The Morgan fingerprint density at radius 2 is 2.00 bits per heavy atom. The molecule has 0 unspecified atom stereocenters. The van der Waals surface area contributed by atoms with Crippen molar-refractivity contribution in [2.24, 2.45) is 0 Å². The largest absolute Gasteiger partial charge is 0.378 e. The number of ether oxygens (including phenoxy) is 1. The first-order valence-electron chi connectivity index (χ1n) is 6.24. The van der Waals surface area contributed by atoms with Crippen LogP contribution in [0.5, 0.6) is 0 Å². The maximum atomic E-state index is 12.5. The van der Waals surface area contributed by atoms with Crippen molar-refractivity contribution in [3.05, 3.63) is 0 Å². The Hall–Kier alpha value is -0.170. The molecule has 0 amide bonds. The second-order valence-corrected chi connectivity index (χ2v) is 7.23. The summed E-state index contributed by atoms with van der Waals surface area (Å²) in [7, 11) is -1.69. The fourth-order valence-electron chi connectivity index (χ4n) is 2.48. The predicted octanol–water partition coefficient (Wildman–Crippen LogP) is 0.826. The van der Waals surface area contributed by atoms with Crippen molar-refractivity contribution in [2.75, 3.05) is 26.8 Å². The molecule has 6 heteroatoms. The second kappa shape index (κ2) is 4.50. The highest BCUT2D eigenvalue weighted by molar-refractivity contribution is 7.86. The zero-order valence-electron chi connectivity index (χ0n) is 10.8. The molecule has 17 heavy (non-hydrogen) atoms. The first-order valence-corrected chi connectivity index (χ1v) is 7.63. The summed E-state index contributed by atoms with van der Waals surface area (Å²) in [6.07, 6.45) is 2.96. The van der Waals surface area contributed by atoms with Crippen LogP contribution in [0.25, 0.3) is 0 Å². The zero-order chi connectivity index (χ0) is 12.7. The summed E-state index contributed by atoms with van der Waals surface area (Å²) in [6, 6.07) is -0.0139. The van der Waals surface area contributed by atoms with Gasteiger partial charge in [-0.05, 0) is 33.1 Å². The van der Waals surface area contributed by atoms with Crippen molar-refractivity contribution in [1.29, 1.82) is 0 Å². The van der Waals surface area contributed by atoms with Crippen molar-refractivity contribution in [3.8, 4) is 0 Å². The van der Waals surface area contributed by atoms with E-state index in [0.29, 0.717) is 19.8 Å². The van der Waals surface area contributed by atoms with Crippen molar-refractivity contribution in [3.63, 3.8) is 0 Å². The third-order valence-corrected chi connectivity index (χ3v) is 6.27. The molecule has 2 aliphatic rings. The molecule has 1 aliphatic heterocycles. The number of morpholine rings is 1. The van der Waals surface area contributed by atoms with Crippen LogP contribution in [0.2, 0.25) is 0 Å². The fraction of sp³-hybridized carbons (Fsp3) is 1.00. The van der Waals surface area contributed by atoms with E-state index in [2.05, 4.69) is 0 Å². The molecule has 1 spiro atoms. The van der Waals surface area contributed by atoms with E-state index in [-0.39, 0.29) is 11.6 Å². The van der Waals surface area contributed by atoms with Crippen LogP contribution in [-0.2, 0) is 14.9 Å². The van der Waals surface area contributed by atoms with E-state index in [1.165, 1.54) is 4.31 Å². The van der Waals surface area contributed by atoms with E-state index < -0.39 is 10.2 Å². The quantitative estimate of drug-likeness (QED) is 0.757. The van der Waals surface area contributed by atoms with Crippen LogP contribution < -0.4 is 0 Å². The van der Waals surface area contributed by atoms with Gasteiger partial charge >= 0.3 is 0 Å². The fourth-order valence-corrected chi connectivity index (χ4v) is 4.35. The van der Waals surface area contributed by atoms with Gasteiger partial charge in [0.05, 0.1) is 18.8 Å². The lowest BCUT2D eigenvalue weighted by atomic mass is 9.77. The maximum Gasteiger partial charge on any atom is 0.282 e. The average Bonchev–Trinajstić information content (AvgIpc) is 2.25. The van der Waals surface area contributed by atoms with Gasteiger partial charge in [-0.3, -0.25) is 0 Å². The molecule has 0 N–H and O–H groups in total. The van der Waals surface area contributed by atoms with Crippen LogP contribution in [0.1, 0.15) is 33.1 Å². The molecule has 0 aromatic heterocycles. The highest BCUT2D eigenvalue weighted by Gasteiger charge is 2.51. The molecule has 1 saturated heterocycles. The van der Waals surface area contributed by atoms with Crippen molar-refractivity contribution >= 4 is 10.2 Å². The molecule has 1 heterocycles. The van der Waals surface area contributed by atoms with E-state index in [0.717, 1.165) is 19.3 Å². The van der Waals surface area contributed by atoms with Crippen molar-refractivity contribution < 1.29 is 13.2 Å². The van der Waals surface area contributed by atoms with Gasteiger partial charge in [0.15, 0.2) is 0 Å². The number of nitrogens with zero attached hydrogens (tertiary/aromatic N) is 2. The highest BCUT2D eigenvalue weighted by Crippen LogP contribution is 2.41. The van der Waals surface area contributed by atoms with E-state index in [9.17, 15) is 8.42 Å². The second-order valence-electron chi connectivity index (χ2n) is 5.32. The summed E-state index contributed by atoms with van der Waals surface area (Å²) >= 11 is 0. The highest BCUT2D eigenvalue weighted by atomic mass is 32.2. The predicted molar refractivity (Wildman–Crippen MR) is 65.9 cm³/mol. The summed E-state index contributed by atoms with van der Waals surface area (Å²) in [5.74, 6) is 0. The minimum Gasteiger partial charge on any atom is -0.378 e. The number of hydrogen-bond acceptors (Lipinski definition) is 3. The van der Waals surface area contributed by atoms with Gasteiger partial charge in [0.1, 0.15) is 0 Å². The third kappa shape index (κ3) is 2.12. The van der Waals surface area contributed by atoms with Crippen LogP contribution in [0, 0.1) is 0 Å². The molecule has 1 aliphatic carbocycles. The standard InChI is InChI=1S/C11H22N2O3S/c1-10(2)12(3)17(14,15)13-7-8-16-9-11(13)5-4-6-11/h10H,4-9H2,1-3H3. The van der Waals surface area contributed by atoms with Gasteiger partial charge in [0, 0.05) is 19.6 Å². The summed E-state index contributed by atoms with van der Waals surface area (Å²) in [5.41, 5.74) is -0.250. The Balaban J connectivity index is 2.25. The average molecular weight is 262 g/mol. The summed E-state index contributed by atoms with van der Waals surface area (Å²) in [5, 5.41) is 0. The zero-order valence-corrected chi connectivity index (χ0v) is 11.7. The minimum atomic E-state index is -3.34. The van der Waals surface area contributed by atoms with Gasteiger partial charge in [0.25, 0.3) is 10.2 Å². The smallest absolute Gasteiger partial charge is 0.282 e. The third-order valence-electron chi connectivity index (χ3n) is 3.99. The van der Waals surface area contributed by atoms with Crippen molar-refractivity contribution in [1.82, 2.24) is 8.61 Å². The van der Waals surface area contributed by atoms with Crippen LogP contribution in [0.4, 0.5) is 0 Å². The van der Waals surface area contributed by atoms with Gasteiger partial charge in [-0.1, -0.05) is 0 Å². The topological polar surface area (TPSA) is 49.9 Å². The summed E-state index contributed by atoms with van der Waals surface area (Å²) < 4.78 is 33.7. The molecule has 0 bridgehead atoms. The Labute approximate surface area is 104 Å². The molecule has 2 rings (SSSR count). The van der Waals surface area contributed by atoms with Crippen LogP contribution >= 0.6 is 0 Å². The number of hydrogen-bond donors (Lipinski definition) is 0. The molecule has 0 radical (unpaired) electrons. The van der Waals surface area contributed by atoms with Gasteiger partial charge in [-0.25, -0.2) is 0 Å². The van der Waals surface area contributed by atoms with Crippen LogP contribution in [0.3, 0.4) is 0 Å². The first-order chi connectivity index (χ1) is 7.90. The van der Waals surface area contributed by atoms with Gasteiger partial charge in [-0.2, -0.15) is 17.0 Å². The van der Waals surface area contributed by atoms with E-state index >= 15 is 0 Å². The van der Waals surface area contributed by atoms with Crippen molar-refractivity contribution in [2.45, 2.75) is 44.7 Å². The molecular formula is C11H22N2O3S. The van der Waals surface area contributed by atoms with Gasteiger partial charge in [0.2, 0.25) is 0 Å². The molecule has 100 valence electrons. The minimum absolute atomic E-state index is 0.0139. The van der Waals surface area contributed by atoms with E-state index in [1.807, 2.05) is 13.8 Å². The van der Waals surface area contributed by atoms with E-state index in [1.54, 1.807) is 11.4 Å².